The third kappa shape index (κ3) is 2.47. The van der Waals surface area contributed by atoms with Crippen LogP contribution in [0.4, 0.5) is 9.52 Å². The highest BCUT2D eigenvalue weighted by Gasteiger charge is 2.30. The Morgan fingerprint density at radius 1 is 1.08 bits per heavy atom. The molecule has 2 aromatic heterocycles. The number of nitrogens with zero attached hydrogens (tertiary/aromatic N) is 4. The minimum absolute atomic E-state index is 0.289. The molecule has 1 aliphatic heterocycles. The normalized spacial score (nSPS) is 19.3. The first-order chi connectivity index (χ1) is 11.8. The largest absolute Gasteiger partial charge is 0.356 e. The lowest BCUT2D eigenvalue weighted by atomic mass is 9.92. The first-order valence-electron chi connectivity index (χ1n) is 8.41. The predicted molar refractivity (Wildman–Crippen MR) is 90.0 cm³/mol. The second kappa shape index (κ2) is 5.51. The van der Waals surface area contributed by atoms with Crippen molar-refractivity contribution in [1.82, 2.24) is 15.4 Å². The lowest BCUT2D eigenvalue weighted by Crippen LogP contribution is -2.32. The van der Waals surface area contributed by atoms with Gasteiger partial charge in [-0.25, -0.2) is 4.39 Å². The van der Waals surface area contributed by atoms with E-state index in [1.807, 2.05) is 0 Å². The second-order valence-corrected chi connectivity index (χ2v) is 7.65. The van der Waals surface area contributed by atoms with Crippen LogP contribution in [0.25, 0.3) is 11.0 Å². The van der Waals surface area contributed by atoms with Crippen LogP contribution >= 0.6 is 11.3 Å². The van der Waals surface area contributed by atoms with Crippen molar-refractivity contribution < 1.29 is 8.91 Å². The number of aromatic nitrogens is 3. The Morgan fingerprint density at radius 3 is 2.71 bits per heavy atom. The third-order valence-corrected chi connectivity index (χ3v) is 6.12. The molecule has 0 spiro atoms. The number of hydrogen-bond donors (Lipinski definition) is 0. The molecule has 1 aliphatic carbocycles. The molecule has 5 nitrogen and oxygen atoms in total. The predicted octanol–water partition coefficient (Wildman–Crippen LogP) is 4.08. The molecule has 0 unspecified atom stereocenters. The van der Waals surface area contributed by atoms with Crippen molar-refractivity contribution in [2.75, 3.05) is 18.0 Å². The molecule has 3 heterocycles. The van der Waals surface area contributed by atoms with Gasteiger partial charge in [-0.1, -0.05) is 16.5 Å². The van der Waals surface area contributed by atoms with Crippen LogP contribution in [0.5, 0.6) is 0 Å². The zero-order chi connectivity index (χ0) is 16.1. The van der Waals surface area contributed by atoms with Crippen molar-refractivity contribution in [3.05, 3.63) is 34.7 Å². The number of fused-ring (bicyclic) bond motifs is 1. The van der Waals surface area contributed by atoms with Gasteiger partial charge in [-0.3, -0.25) is 0 Å². The van der Waals surface area contributed by atoms with Crippen molar-refractivity contribution in [1.29, 1.82) is 0 Å². The summed E-state index contributed by atoms with van der Waals surface area (Å²) in [5.41, 5.74) is 1.49. The van der Waals surface area contributed by atoms with Gasteiger partial charge in [0.05, 0.1) is 5.69 Å². The quantitative estimate of drug-likeness (QED) is 0.716. The van der Waals surface area contributed by atoms with Crippen molar-refractivity contribution in [2.24, 2.45) is 0 Å². The molecule has 124 valence electrons. The molecule has 0 atom stereocenters. The van der Waals surface area contributed by atoms with E-state index >= 15 is 0 Å². The molecule has 0 amide bonds. The van der Waals surface area contributed by atoms with Gasteiger partial charge in [-0.2, -0.15) is 0 Å². The summed E-state index contributed by atoms with van der Waals surface area (Å²) < 4.78 is 18.6. The molecule has 7 heteroatoms. The molecule has 3 aromatic rings. The number of rotatable bonds is 3. The first kappa shape index (κ1) is 14.3. The van der Waals surface area contributed by atoms with Crippen molar-refractivity contribution in [3.8, 4) is 0 Å². The van der Waals surface area contributed by atoms with Crippen molar-refractivity contribution in [2.45, 2.75) is 37.5 Å². The average molecular weight is 344 g/mol. The summed E-state index contributed by atoms with van der Waals surface area (Å²) in [5.74, 6) is 0.724. The van der Waals surface area contributed by atoms with Crippen LogP contribution in [0.3, 0.4) is 0 Å². The Hall–Kier alpha value is -2.02. The first-order valence-corrected chi connectivity index (χ1v) is 9.23. The minimum atomic E-state index is -0.289. The minimum Gasteiger partial charge on any atom is -0.356 e. The molecule has 0 radical (unpaired) electrons. The Labute approximate surface area is 142 Å². The fourth-order valence-corrected chi connectivity index (χ4v) is 4.48. The van der Waals surface area contributed by atoms with E-state index in [1.54, 1.807) is 17.4 Å². The molecular formula is C17H17FN4OS. The number of benzene rings is 1. The van der Waals surface area contributed by atoms with Crippen LogP contribution in [0.2, 0.25) is 0 Å². The molecule has 24 heavy (non-hydrogen) atoms. The maximum absolute atomic E-state index is 13.3. The number of piperidine rings is 1. The molecule has 5 rings (SSSR count). The lowest BCUT2D eigenvalue weighted by Gasteiger charge is -2.30. The zero-order valence-electron chi connectivity index (χ0n) is 13.1. The summed E-state index contributed by atoms with van der Waals surface area (Å²) in [7, 11) is 0. The van der Waals surface area contributed by atoms with Gasteiger partial charge in [0.1, 0.15) is 10.8 Å². The number of hydrogen-bond acceptors (Lipinski definition) is 6. The van der Waals surface area contributed by atoms with E-state index in [1.165, 1.54) is 30.0 Å². The van der Waals surface area contributed by atoms with Gasteiger partial charge in [0.15, 0.2) is 5.58 Å². The van der Waals surface area contributed by atoms with Crippen LogP contribution in [-0.4, -0.2) is 28.4 Å². The topological polar surface area (TPSA) is 55.1 Å². The van der Waals surface area contributed by atoms with E-state index in [-0.39, 0.29) is 5.82 Å². The molecule has 2 aliphatic rings. The molecule has 1 saturated carbocycles. The van der Waals surface area contributed by atoms with E-state index in [2.05, 4.69) is 20.3 Å². The number of halogens is 1. The van der Waals surface area contributed by atoms with Crippen molar-refractivity contribution in [3.63, 3.8) is 0 Å². The molecule has 2 fully saturated rings. The van der Waals surface area contributed by atoms with E-state index < -0.39 is 0 Å². The summed E-state index contributed by atoms with van der Waals surface area (Å²) in [6.07, 6.45) is 4.52. The fourth-order valence-electron chi connectivity index (χ4n) is 3.42. The van der Waals surface area contributed by atoms with Gasteiger partial charge in [0.2, 0.25) is 5.13 Å². The highest BCUT2D eigenvalue weighted by molar-refractivity contribution is 7.15. The monoisotopic (exact) mass is 344 g/mol. The van der Waals surface area contributed by atoms with E-state index in [4.69, 9.17) is 4.52 Å². The molecule has 1 aromatic carbocycles. The van der Waals surface area contributed by atoms with Gasteiger partial charge in [-0.05, 0) is 37.8 Å². The standard InChI is InChI=1S/C17H17FN4OS/c18-12-3-4-13-14(9-12)23-21-15(13)10-5-7-22(8-6-10)17-20-19-16(24-17)11-1-2-11/h3-4,9-11H,1-2,5-8H2. The van der Waals surface area contributed by atoms with Crippen LogP contribution in [0, 0.1) is 5.82 Å². The maximum Gasteiger partial charge on any atom is 0.208 e. The summed E-state index contributed by atoms with van der Waals surface area (Å²) >= 11 is 1.74. The third-order valence-electron chi connectivity index (χ3n) is 4.97. The highest BCUT2D eigenvalue weighted by Crippen LogP contribution is 2.43. The summed E-state index contributed by atoms with van der Waals surface area (Å²) in [6, 6.07) is 4.65. The Balaban J connectivity index is 1.31. The van der Waals surface area contributed by atoms with Crippen LogP contribution in [0.15, 0.2) is 22.7 Å². The molecule has 0 N–H and O–H groups in total. The number of anilines is 1. The lowest BCUT2D eigenvalue weighted by molar-refractivity contribution is 0.416. The molecule has 0 bridgehead atoms. The van der Waals surface area contributed by atoms with Crippen LogP contribution in [0.1, 0.15) is 48.2 Å². The summed E-state index contributed by atoms with van der Waals surface area (Å²) in [6.45, 7) is 1.89. The smallest absolute Gasteiger partial charge is 0.208 e. The SMILES string of the molecule is Fc1ccc2c(C3CCN(c4nnc(C5CC5)s4)CC3)noc2c1. The van der Waals surface area contributed by atoms with E-state index in [0.29, 0.717) is 17.4 Å². The van der Waals surface area contributed by atoms with E-state index in [9.17, 15) is 4.39 Å². The maximum atomic E-state index is 13.3. The van der Waals surface area contributed by atoms with Gasteiger partial charge in [0, 0.05) is 36.4 Å². The zero-order valence-corrected chi connectivity index (χ0v) is 13.9. The van der Waals surface area contributed by atoms with E-state index in [0.717, 1.165) is 42.1 Å². The Bertz CT molecular complexity index is 880. The van der Waals surface area contributed by atoms with Gasteiger partial charge >= 0.3 is 0 Å². The molecule has 1 saturated heterocycles. The molecular weight excluding hydrogens is 327 g/mol. The Morgan fingerprint density at radius 2 is 1.92 bits per heavy atom. The highest BCUT2D eigenvalue weighted by atomic mass is 32.1. The van der Waals surface area contributed by atoms with Crippen LogP contribution in [-0.2, 0) is 0 Å². The van der Waals surface area contributed by atoms with Gasteiger partial charge in [0.25, 0.3) is 0 Å². The van der Waals surface area contributed by atoms with Gasteiger partial charge in [-0.15, -0.1) is 10.2 Å². The average Bonchev–Trinajstić information content (AvgIpc) is 3.19. The summed E-state index contributed by atoms with van der Waals surface area (Å²) in [4.78, 5) is 2.32. The summed E-state index contributed by atoms with van der Waals surface area (Å²) in [5, 5.41) is 16.1. The van der Waals surface area contributed by atoms with Crippen molar-refractivity contribution >= 4 is 27.4 Å². The Kier molecular flexibility index (Phi) is 3.29. The fraction of sp³-hybridized carbons (Fsp3) is 0.471. The van der Waals surface area contributed by atoms with Crippen LogP contribution < -0.4 is 4.90 Å². The van der Waals surface area contributed by atoms with Gasteiger partial charge < -0.3 is 9.42 Å². The second-order valence-electron chi connectivity index (χ2n) is 6.67.